The monoisotopic (exact) mass is 544 g/mol. The Morgan fingerprint density at radius 1 is 1.16 bits per heavy atom. The molecule has 1 aromatic carbocycles. The van der Waals surface area contributed by atoms with Gasteiger partial charge in [-0.2, -0.15) is 0 Å². The summed E-state index contributed by atoms with van der Waals surface area (Å²) in [5, 5.41) is 16.3. The van der Waals surface area contributed by atoms with Gasteiger partial charge >= 0.3 is 5.97 Å². The summed E-state index contributed by atoms with van der Waals surface area (Å²) in [7, 11) is 0. The molecule has 3 N–H and O–H groups in total. The Hall–Kier alpha value is -2.84. The maximum absolute atomic E-state index is 12.9. The van der Waals surface area contributed by atoms with Crippen LogP contribution in [0.5, 0.6) is 0 Å². The first kappa shape index (κ1) is 25.8. The highest BCUT2D eigenvalue weighted by atomic mass is 35.5. The van der Waals surface area contributed by atoms with Crippen molar-refractivity contribution in [3.63, 3.8) is 0 Å². The number of aromatic nitrogens is 1. The maximum atomic E-state index is 12.9. The normalized spacial score (nSPS) is 18.7. The second-order valence-corrected chi connectivity index (χ2v) is 11.4. The van der Waals surface area contributed by atoms with Crippen LogP contribution in [0, 0.1) is 11.3 Å². The first-order valence-electron chi connectivity index (χ1n) is 12.7. The van der Waals surface area contributed by atoms with E-state index in [-0.39, 0.29) is 29.6 Å². The number of carboxylic acid groups (broad SMARTS) is 1. The molecule has 1 spiro atoms. The van der Waals surface area contributed by atoms with Gasteiger partial charge in [0.15, 0.2) is 0 Å². The number of pyridine rings is 1. The summed E-state index contributed by atoms with van der Waals surface area (Å²) in [6.07, 6.45) is 4.31. The Balaban J connectivity index is 1.09. The van der Waals surface area contributed by atoms with Crippen molar-refractivity contribution >= 4 is 46.8 Å². The minimum absolute atomic E-state index is 0.00663. The fourth-order valence-electron chi connectivity index (χ4n) is 5.76. The van der Waals surface area contributed by atoms with Gasteiger partial charge in [-0.1, -0.05) is 29.3 Å². The number of amides is 2. The number of hydrogen-bond donors (Lipinski definition) is 3. The van der Waals surface area contributed by atoms with Crippen molar-refractivity contribution in [2.45, 2.75) is 51.0 Å². The number of anilines is 1. The highest BCUT2D eigenvalue weighted by Gasteiger charge is 2.55. The third-order valence-electron chi connectivity index (χ3n) is 7.66. The highest BCUT2D eigenvalue weighted by Crippen LogP contribution is 2.52. The molecule has 1 aliphatic carbocycles. The quantitative estimate of drug-likeness (QED) is 0.458. The SMILES string of the molecule is O=C(O)C[C@H](NC(=O)C1CC2(C1)CN(C(=O)CCc1ccc3c(n1)NCCC3)C2)c1cc(Cl)cc(Cl)c1. The van der Waals surface area contributed by atoms with E-state index in [1.165, 1.54) is 5.56 Å². The zero-order valence-electron chi connectivity index (χ0n) is 20.4. The number of aryl methyl sites for hydroxylation is 2. The van der Waals surface area contributed by atoms with Gasteiger partial charge in [0.1, 0.15) is 5.82 Å². The predicted octanol–water partition coefficient (Wildman–Crippen LogP) is 4.25. The molecule has 0 radical (unpaired) electrons. The Morgan fingerprint density at radius 2 is 1.89 bits per heavy atom. The van der Waals surface area contributed by atoms with Crippen LogP contribution >= 0.6 is 23.2 Å². The van der Waals surface area contributed by atoms with Crippen LogP contribution in [0.2, 0.25) is 10.0 Å². The van der Waals surface area contributed by atoms with Crippen LogP contribution in [-0.2, 0) is 27.2 Å². The fraction of sp³-hybridized carbons (Fsp3) is 0.481. The molecule has 196 valence electrons. The first-order chi connectivity index (χ1) is 17.7. The lowest BCUT2D eigenvalue weighted by Gasteiger charge is -2.58. The van der Waals surface area contributed by atoms with E-state index in [1.807, 2.05) is 11.0 Å². The molecule has 0 bridgehead atoms. The molecule has 8 nitrogen and oxygen atoms in total. The fourth-order valence-corrected chi connectivity index (χ4v) is 6.31. The minimum atomic E-state index is -1.03. The molecular formula is C27H30Cl2N4O4. The zero-order valence-corrected chi connectivity index (χ0v) is 21.9. The summed E-state index contributed by atoms with van der Waals surface area (Å²) in [5.74, 6) is -0.339. The van der Waals surface area contributed by atoms with Crippen LogP contribution in [0.4, 0.5) is 5.82 Å². The number of likely N-dealkylation sites (tertiary alicyclic amines) is 1. The van der Waals surface area contributed by atoms with Crippen LogP contribution in [0.1, 0.15) is 55.0 Å². The van der Waals surface area contributed by atoms with Gasteiger partial charge in [-0.15, -0.1) is 0 Å². The number of hydrogen-bond acceptors (Lipinski definition) is 5. The lowest BCUT2D eigenvalue weighted by Crippen LogP contribution is -2.65. The van der Waals surface area contributed by atoms with E-state index in [0.29, 0.717) is 54.4 Å². The van der Waals surface area contributed by atoms with E-state index in [4.69, 9.17) is 23.2 Å². The number of carboxylic acids is 1. The van der Waals surface area contributed by atoms with Crippen LogP contribution in [0.3, 0.4) is 0 Å². The van der Waals surface area contributed by atoms with Gasteiger partial charge in [0.05, 0.1) is 12.5 Å². The van der Waals surface area contributed by atoms with Crippen molar-refractivity contribution in [2.75, 3.05) is 25.0 Å². The molecule has 2 aromatic rings. The Morgan fingerprint density at radius 3 is 2.59 bits per heavy atom. The van der Waals surface area contributed by atoms with Crippen LogP contribution < -0.4 is 10.6 Å². The van der Waals surface area contributed by atoms with Crippen molar-refractivity contribution in [3.8, 4) is 0 Å². The van der Waals surface area contributed by atoms with Gasteiger partial charge < -0.3 is 20.6 Å². The van der Waals surface area contributed by atoms with E-state index >= 15 is 0 Å². The van der Waals surface area contributed by atoms with Gasteiger partial charge in [0.2, 0.25) is 11.8 Å². The smallest absolute Gasteiger partial charge is 0.305 e. The Kier molecular flexibility index (Phi) is 7.32. The van der Waals surface area contributed by atoms with Crippen LogP contribution in [0.15, 0.2) is 30.3 Å². The van der Waals surface area contributed by atoms with E-state index in [1.54, 1.807) is 18.2 Å². The third-order valence-corrected chi connectivity index (χ3v) is 8.10. The molecule has 10 heteroatoms. The van der Waals surface area contributed by atoms with Gasteiger partial charge in [-0.05, 0) is 67.5 Å². The molecule has 0 unspecified atom stereocenters. The zero-order chi connectivity index (χ0) is 26.2. The molecule has 37 heavy (non-hydrogen) atoms. The standard InChI is InChI=1S/C27H30Cl2N4O4/c28-19-8-17(9-20(29)10-19)22(11-24(35)36)32-26(37)18-12-27(13-18)14-33(15-27)23(34)6-5-21-4-3-16-2-1-7-30-25(16)31-21/h3-4,8-10,18,22H,1-2,5-7,11-15H2,(H,30,31)(H,32,37)(H,35,36)/t22-/m0/s1. The van der Waals surface area contributed by atoms with Gasteiger partial charge in [-0.25, -0.2) is 4.98 Å². The van der Waals surface area contributed by atoms with Crippen LogP contribution in [-0.4, -0.2) is 52.4 Å². The molecule has 5 rings (SSSR count). The largest absolute Gasteiger partial charge is 0.481 e. The average Bonchev–Trinajstić information content (AvgIpc) is 2.79. The van der Waals surface area contributed by atoms with Crippen LogP contribution in [0.25, 0.3) is 0 Å². The van der Waals surface area contributed by atoms with Crippen molar-refractivity contribution in [3.05, 3.63) is 57.2 Å². The molecule has 2 amide bonds. The third kappa shape index (κ3) is 5.85. The van der Waals surface area contributed by atoms with E-state index in [0.717, 1.165) is 30.9 Å². The lowest BCUT2D eigenvalue weighted by molar-refractivity contribution is -0.160. The van der Waals surface area contributed by atoms with Crippen molar-refractivity contribution in [2.24, 2.45) is 11.3 Å². The van der Waals surface area contributed by atoms with Crippen molar-refractivity contribution in [1.29, 1.82) is 0 Å². The number of carbonyl (C=O) groups is 3. The van der Waals surface area contributed by atoms with Crippen molar-refractivity contribution in [1.82, 2.24) is 15.2 Å². The molecule has 3 aliphatic rings. The summed E-state index contributed by atoms with van der Waals surface area (Å²) in [4.78, 5) is 43.5. The van der Waals surface area contributed by atoms with Crippen molar-refractivity contribution < 1.29 is 19.5 Å². The maximum Gasteiger partial charge on any atom is 0.305 e. The molecule has 3 heterocycles. The number of fused-ring (bicyclic) bond motifs is 1. The summed E-state index contributed by atoms with van der Waals surface area (Å²) in [6, 6.07) is 8.20. The predicted molar refractivity (Wildman–Crippen MR) is 141 cm³/mol. The minimum Gasteiger partial charge on any atom is -0.481 e. The number of aliphatic carboxylic acids is 1. The van der Waals surface area contributed by atoms with Gasteiger partial charge in [-0.3, -0.25) is 14.4 Å². The lowest BCUT2D eigenvalue weighted by atomic mass is 9.57. The summed E-state index contributed by atoms with van der Waals surface area (Å²) >= 11 is 12.1. The average molecular weight is 545 g/mol. The number of carbonyl (C=O) groups excluding carboxylic acids is 2. The van der Waals surface area contributed by atoms with Gasteiger partial charge in [0, 0.05) is 53.1 Å². The summed E-state index contributed by atoms with van der Waals surface area (Å²) < 4.78 is 0. The number of rotatable bonds is 8. The molecule has 1 atom stereocenters. The first-order valence-corrected chi connectivity index (χ1v) is 13.4. The second kappa shape index (κ2) is 10.5. The molecular weight excluding hydrogens is 515 g/mol. The molecule has 1 saturated heterocycles. The molecule has 2 aliphatic heterocycles. The molecule has 1 saturated carbocycles. The number of benzene rings is 1. The Labute approximate surface area is 225 Å². The van der Waals surface area contributed by atoms with Gasteiger partial charge in [0.25, 0.3) is 0 Å². The topological polar surface area (TPSA) is 112 Å². The van der Waals surface area contributed by atoms with E-state index < -0.39 is 12.0 Å². The highest BCUT2D eigenvalue weighted by molar-refractivity contribution is 6.34. The molecule has 2 fully saturated rings. The number of nitrogens with one attached hydrogen (secondary N) is 2. The number of halogens is 2. The molecule has 1 aromatic heterocycles. The summed E-state index contributed by atoms with van der Waals surface area (Å²) in [6.45, 7) is 2.26. The Bertz CT molecular complexity index is 1200. The summed E-state index contributed by atoms with van der Waals surface area (Å²) in [5.41, 5.74) is 2.72. The van der Waals surface area contributed by atoms with E-state index in [9.17, 15) is 19.5 Å². The second-order valence-electron chi connectivity index (χ2n) is 10.6. The number of nitrogens with zero attached hydrogens (tertiary/aromatic N) is 2. The van der Waals surface area contributed by atoms with E-state index in [2.05, 4.69) is 21.7 Å².